The third kappa shape index (κ3) is 1.28. The molecular weight excluding hydrogens is 278 g/mol. The Morgan fingerprint density at radius 1 is 1.59 bits per heavy atom. The Bertz CT molecular complexity index is 1050. The van der Waals surface area contributed by atoms with E-state index in [0.717, 1.165) is 4.90 Å². The zero-order chi connectivity index (χ0) is 24.3. The van der Waals surface area contributed by atoms with Gasteiger partial charge >= 0.3 is 0 Å². The molecule has 2 aliphatic carbocycles. The van der Waals surface area contributed by atoms with Crippen LogP contribution in [0.5, 0.6) is 11.5 Å². The van der Waals surface area contributed by atoms with Crippen LogP contribution >= 0.6 is 0 Å². The first-order chi connectivity index (χ1) is 15.2. The number of methoxy groups -OCH3 is 1. The third-order valence-corrected chi connectivity index (χ3v) is 5.44. The highest BCUT2D eigenvalue weighted by Gasteiger charge is 2.64. The van der Waals surface area contributed by atoms with E-state index in [1.165, 1.54) is 6.08 Å². The van der Waals surface area contributed by atoms with Crippen LogP contribution in [0, 0.1) is 5.92 Å². The fraction of sp³-hybridized carbons (Fsp3) is 0.556. The van der Waals surface area contributed by atoms with Gasteiger partial charge in [-0.1, -0.05) is 18.2 Å². The molecule has 2 unspecified atom stereocenters. The van der Waals surface area contributed by atoms with Crippen molar-refractivity contribution in [2.75, 3.05) is 20.6 Å². The predicted octanol–water partition coefficient (Wildman–Crippen LogP) is 1.50. The summed E-state index contributed by atoms with van der Waals surface area (Å²) in [7, 11) is -2.95. The van der Waals surface area contributed by atoms with Crippen molar-refractivity contribution in [1.82, 2.24) is 4.90 Å². The Labute approximate surface area is 145 Å². The van der Waals surface area contributed by atoms with Gasteiger partial charge in [-0.3, -0.25) is 0 Å². The molecule has 1 saturated heterocycles. The van der Waals surface area contributed by atoms with E-state index in [-0.39, 0.29) is 29.8 Å². The topological polar surface area (TPSA) is 41.9 Å². The lowest BCUT2D eigenvalue weighted by Gasteiger charge is -2.56. The lowest BCUT2D eigenvalue weighted by atomic mass is 9.53. The second-order valence-electron chi connectivity index (χ2n) is 6.25. The summed E-state index contributed by atoms with van der Waals surface area (Å²) in [4.78, 5) is 1.11. The highest BCUT2D eigenvalue weighted by molar-refractivity contribution is 5.62. The molecule has 5 rings (SSSR count). The second kappa shape index (κ2) is 4.06. The fourth-order valence-electron chi connectivity index (χ4n) is 4.57. The van der Waals surface area contributed by atoms with Crippen molar-refractivity contribution in [3.63, 3.8) is 0 Å². The van der Waals surface area contributed by atoms with Gasteiger partial charge in [-0.05, 0) is 37.9 Å². The molecule has 4 heteroatoms. The van der Waals surface area contributed by atoms with Crippen molar-refractivity contribution < 1.29 is 28.3 Å². The maximum atomic E-state index is 8.98. The lowest BCUT2D eigenvalue weighted by molar-refractivity contribution is -0.0453. The van der Waals surface area contributed by atoms with Crippen molar-refractivity contribution in [3.05, 3.63) is 35.4 Å². The number of piperidine rings is 1. The molecule has 2 heterocycles. The van der Waals surface area contributed by atoms with Crippen LogP contribution in [0.25, 0.3) is 0 Å². The molecular formula is C18H21NO3. The molecule has 2 aliphatic heterocycles. The quantitative estimate of drug-likeness (QED) is 0.841. The summed E-state index contributed by atoms with van der Waals surface area (Å²) < 4.78 is 100. The number of aliphatic hydroxyl groups excluding tert-OH is 1. The minimum Gasteiger partial charge on any atom is -0.493 e. The molecule has 1 aromatic rings. The van der Waals surface area contributed by atoms with Gasteiger partial charge in [0.2, 0.25) is 1.43 Å². The number of likely N-dealkylation sites (N-methyl/N-ethyl adjacent to an activating group) is 1. The monoisotopic (exact) mass is 310 g/mol. The van der Waals surface area contributed by atoms with Crippen LogP contribution in [-0.2, 0) is 11.8 Å². The van der Waals surface area contributed by atoms with E-state index in [2.05, 4.69) is 0 Å². The highest BCUT2D eigenvalue weighted by Crippen LogP contribution is 2.62. The summed E-state index contributed by atoms with van der Waals surface area (Å²) in [6.07, 6.45) is -0.848. The highest BCUT2D eigenvalue weighted by atomic mass is 16.5. The van der Waals surface area contributed by atoms with Gasteiger partial charge < -0.3 is 19.5 Å². The maximum Gasteiger partial charge on any atom is 0.211 e. The maximum absolute atomic E-state index is 8.98. The molecule has 1 fully saturated rings. The van der Waals surface area contributed by atoms with Crippen LogP contribution in [0.1, 0.15) is 31.3 Å². The predicted molar refractivity (Wildman–Crippen MR) is 82.5 cm³/mol. The smallest absolute Gasteiger partial charge is 0.211 e. The molecule has 0 saturated carbocycles. The molecule has 1 N–H and O–H groups in total. The second-order valence-corrected chi connectivity index (χ2v) is 6.25. The average molecular weight is 310 g/mol. The van der Waals surface area contributed by atoms with Crippen LogP contribution in [0.3, 0.4) is 0 Å². The zero-order valence-corrected chi connectivity index (χ0v) is 11.6. The molecule has 5 atom stereocenters. The Kier molecular flexibility index (Phi) is 1.14. The summed E-state index contributed by atoms with van der Waals surface area (Å²) in [5.41, 5.74) is -1.05. The van der Waals surface area contributed by atoms with Crippen molar-refractivity contribution >= 4 is 0 Å². The largest absolute Gasteiger partial charge is 0.493 e. The number of aliphatic hydroxyl groups is 1. The van der Waals surface area contributed by atoms with E-state index in [1.54, 1.807) is 6.08 Å². The van der Waals surface area contributed by atoms with Gasteiger partial charge in [-0.2, -0.15) is 0 Å². The molecule has 0 radical (unpaired) electrons. The Morgan fingerprint density at radius 2 is 2.59 bits per heavy atom. The van der Waals surface area contributed by atoms with Crippen molar-refractivity contribution in [3.8, 4) is 11.5 Å². The molecule has 0 aromatic heterocycles. The van der Waals surface area contributed by atoms with Gasteiger partial charge in [-0.15, -0.1) is 0 Å². The number of likely N-dealkylation sites (tertiary alicyclic amines) is 1. The molecule has 4 nitrogen and oxygen atoms in total. The van der Waals surface area contributed by atoms with E-state index in [1.807, 2.05) is 0 Å². The van der Waals surface area contributed by atoms with Gasteiger partial charge in [-0.25, -0.2) is 0 Å². The third-order valence-electron chi connectivity index (χ3n) is 5.44. The Morgan fingerprint density at radius 3 is 3.45 bits per heavy atom. The van der Waals surface area contributed by atoms with Crippen LogP contribution in [0.2, 0.25) is 0 Å². The molecule has 2 bridgehead atoms. The number of hydrogen-bond donors (Lipinski definition) is 1. The van der Waals surface area contributed by atoms with Gasteiger partial charge in [0.15, 0.2) is 11.5 Å². The normalized spacial score (nSPS) is 51.7. The number of hydrogen-bond acceptors (Lipinski definition) is 4. The van der Waals surface area contributed by atoms with Crippen molar-refractivity contribution in [2.24, 2.45) is 5.92 Å². The van der Waals surface area contributed by atoms with E-state index in [0.29, 0.717) is 0 Å². The minimum absolute atomic E-state index is 0.0140. The van der Waals surface area contributed by atoms with Crippen LogP contribution in [0.15, 0.2) is 24.2 Å². The van der Waals surface area contributed by atoms with Crippen molar-refractivity contribution in [1.29, 1.82) is 1.43 Å². The standard InChI is InChI=1S/C18H21NO3/c1-19-8-7-18-11-4-5-13(20)17(18)22-16-14(21-2)6-3-10(15(16)18)9-12(11)19/h3-6,11-13,17,20H,7-9H2,1-2H3/t11-,12+,13?,17?,18-/m0/s1/i1D3,2D3,3D,6D,9D2,20D. The molecule has 1 spiro atoms. The number of nitrogens with zero attached hydrogens (tertiary/aromatic N) is 1. The fourth-order valence-corrected chi connectivity index (χ4v) is 4.57. The molecule has 116 valence electrons. The SMILES string of the molecule is [2H]OC1C=C[C@H]2[C@@H]3N(C([2H])([2H])[2H])CC[C@@]24c2c(c(OC([2H])([2H])[2H])c([2H])c([2H])c2C3([2H])[2H])OC14. The summed E-state index contributed by atoms with van der Waals surface area (Å²) in [6.45, 7) is -2.62. The van der Waals surface area contributed by atoms with Crippen molar-refractivity contribution in [2.45, 2.75) is 36.5 Å². The van der Waals surface area contributed by atoms with Gasteiger partial charge in [0, 0.05) is 29.8 Å². The molecule has 4 aliphatic rings. The number of ether oxygens (including phenoxy) is 2. The van der Waals surface area contributed by atoms with Crippen LogP contribution in [0.4, 0.5) is 0 Å². The van der Waals surface area contributed by atoms with Gasteiger partial charge in [0.05, 0.1) is 13.9 Å². The Balaban J connectivity index is 1.87. The van der Waals surface area contributed by atoms with E-state index in [9.17, 15) is 0 Å². The minimum atomic E-state index is -2.95. The van der Waals surface area contributed by atoms with Gasteiger partial charge in [0.25, 0.3) is 0 Å². The van der Waals surface area contributed by atoms with E-state index in [4.69, 9.17) is 29.7 Å². The summed E-state index contributed by atoms with van der Waals surface area (Å²) in [5, 5.41) is 4.86. The molecule has 0 amide bonds. The summed E-state index contributed by atoms with van der Waals surface area (Å²) in [5.74, 6) is -1.35. The first-order valence-electron chi connectivity index (χ1n) is 12.7. The first-order valence-corrected chi connectivity index (χ1v) is 7.27. The molecule has 22 heavy (non-hydrogen) atoms. The number of benzene rings is 1. The average Bonchev–Trinajstić information content (AvgIpc) is 3.01. The van der Waals surface area contributed by atoms with E-state index >= 15 is 0 Å². The Hall–Kier alpha value is -1.52. The lowest BCUT2D eigenvalue weighted by Crippen LogP contribution is -2.64. The van der Waals surface area contributed by atoms with E-state index < -0.39 is 67.8 Å². The van der Waals surface area contributed by atoms with Crippen LogP contribution in [-0.4, -0.2) is 50.2 Å². The summed E-state index contributed by atoms with van der Waals surface area (Å²) in [6, 6.07) is -2.44. The molecule has 1 aromatic carbocycles. The van der Waals surface area contributed by atoms with Crippen LogP contribution < -0.4 is 9.47 Å². The number of rotatable bonds is 2. The summed E-state index contributed by atoms with van der Waals surface area (Å²) >= 11 is 0. The zero-order valence-electron chi connectivity index (χ0n) is 22.6. The first kappa shape index (κ1) is 6.17. The van der Waals surface area contributed by atoms with Gasteiger partial charge in [0.1, 0.15) is 12.2 Å².